The van der Waals surface area contributed by atoms with Crippen LogP contribution in [-0.4, -0.2) is 44.7 Å². The maximum absolute atomic E-state index is 11.5. The molecule has 19 heavy (non-hydrogen) atoms. The molecule has 0 aliphatic carbocycles. The van der Waals surface area contributed by atoms with Crippen molar-refractivity contribution in [1.82, 2.24) is 10.0 Å². The summed E-state index contributed by atoms with van der Waals surface area (Å²) in [4.78, 5) is 22.1. The second kappa shape index (κ2) is 6.34. The van der Waals surface area contributed by atoms with Crippen molar-refractivity contribution in [1.29, 1.82) is 0 Å². The minimum atomic E-state index is -3.23. The van der Waals surface area contributed by atoms with Crippen LogP contribution in [-0.2, 0) is 10.0 Å². The van der Waals surface area contributed by atoms with E-state index in [4.69, 9.17) is 9.52 Å². The van der Waals surface area contributed by atoms with Crippen LogP contribution in [0.5, 0.6) is 0 Å². The number of carbonyl (C=O) groups excluding carboxylic acids is 1. The predicted octanol–water partition coefficient (Wildman–Crippen LogP) is -0.353. The van der Waals surface area contributed by atoms with Crippen LogP contribution in [0.4, 0.5) is 0 Å². The molecule has 1 amide bonds. The van der Waals surface area contributed by atoms with E-state index in [0.717, 1.165) is 18.6 Å². The lowest BCUT2D eigenvalue weighted by Gasteiger charge is -2.03. The maximum atomic E-state index is 11.5. The van der Waals surface area contributed by atoms with Gasteiger partial charge in [0.1, 0.15) is 6.26 Å². The molecule has 0 unspecified atom stereocenters. The summed E-state index contributed by atoms with van der Waals surface area (Å²) < 4.78 is 28.6. The number of nitrogens with one attached hydrogen (secondary N) is 2. The van der Waals surface area contributed by atoms with Gasteiger partial charge in [0.15, 0.2) is 5.76 Å². The lowest BCUT2D eigenvalue weighted by Crippen LogP contribution is -2.29. The summed E-state index contributed by atoms with van der Waals surface area (Å²) in [6, 6.07) is 1.12. The van der Waals surface area contributed by atoms with Crippen molar-refractivity contribution in [3.63, 3.8) is 0 Å². The number of hydrogen-bond donors (Lipinski definition) is 3. The van der Waals surface area contributed by atoms with Crippen molar-refractivity contribution in [3.05, 3.63) is 23.7 Å². The van der Waals surface area contributed by atoms with Gasteiger partial charge in [-0.15, -0.1) is 0 Å². The highest BCUT2D eigenvalue weighted by Gasteiger charge is 2.13. The van der Waals surface area contributed by atoms with E-state index < -0.39 is 21.9 Å². The molecule has 0 atom stereocenters. The normalized spacial score (nSPS) is 11.2. The molecule has 1 rings (SSSR count). The average molecular weight is 290 g/mol. The highest BCUT2D eigenvalue weighted by molar-refractivity contribution is 7.88. The molecule has 1 aromatic heterocycles. The van der Waals surface area contributed by atoms with Crippen LogP contribution in [0.1, 0.15) is 27.3 Å². The lowest BCUT2D eigenvalue weighted by atomic mass is 10.3. The Morgan fingerprint density at radius 1 is 1.37 bits per heavy atom. The van der Waals surface area contributed by atoms with Gasteiger partial charge in [0.05, 0.1) is 11.8 Å². The number of sulfonamides is 1. The fraction of sp³-hybridized carbons (Fsp3) is 0.400. The van der Waals surface area contributed by atoms with Crippen molar-refractivity contribution < 1.29 is 27.5 Å². The minimum absolute atomic E-state index is 0.103. The molecule has 0 aliphatic rings. The third kappa shape index (κ3) is 5.53. The van der Waals surface area contributed by atoms with Crippen LogP contribution >= 0.6 is 0 Å². The van der Waals surface area contributed by atoms with E-state index in [1.54, 1.807) is 0 Å². The maximum Gasteiger partial charge on any atom is 0.338 e. The Hall–Kier alpha value is -1.87. The highest BCUT2D eigenvalue weighted by atomic mass is 32.2. The SMILES string of the molecule is CS(=O)(=O)NCCCNC(=O)c1cc(C(=O)O)co1. The zero-order chi connectivity index (χ0) is 14.5. The van der Waals surface area contributed by atoms with Crippen LogP contribution < -0.4 is 10.0 Å². The van der Waals surface area contributed by atoms with Gasteiger partial charge in [-0.05, 0) is 6.42 Å². The topological polar surface area (TPSA) is 126 Å². The fourth-order valence-corrected chi connectivity index (χ4v) is 1.72. The Balaban J connectivity index is 2.33. The summed E-state index contributed by atoms with van der Waals surface area (Å²) in [5, 5.41) is 11.1. The van der Waals surface area contributed by atoms with E-state index >= 15 is 0 Å². The quantitative estimate of drug-likeness (QED) is 0.589. The lowest BCUT2D eigenvalue weighted by molar-refractivity contribution is 0.0695. The van der Waals surface area contributed by atoms with Gasteiger partial charge in [-0.1, -0.05) is 0 Å². The second-order valence-corrected chi connectivity index (χ2v) is 5.61. The van der Waals surface area contributed by atoms with Crippen LogP contribution in [0, 0.1) is 0 Å². The molecule has 1 aromatic rings. The first kappa shape index (κ1) is 15.2. The third-order valence-electron chi connectivity index (χ3n) is 2.07. The summed E-state index contributed by atoms with van der Waals surface area (Å²) >= 11 is 0. The number of rotatable bonds is 7. The molecule has 9 heteroatoms. The molecular weight excluding hydrogens is 276 g/mol. The molecule has 1 heterocycles. The number of carboxylic acids is 1. The fourth-order valence-electron chi connectivity index (χ4n) is 1.20. The van der Waals surface area contributed by atoms with E-state index in [1.807, 2.05) is 0 Å². The number of carboxylic acid groups (broad SMARTS) is 1. The van der Waals surface area contributed by atoms with Gasteiger partial charge < -0.3 is 14.8 Å². The van der Waals surface area contributed by atoms with Crippen molar-refractivity contribution >= 4 is 21.9 Å². The second-order valence-electron chi connectivity index (χ2n) is 3.78. The van der Waals surface area contributed by atoms with Crippen molar-refractivity contribution in [2.24, 2.45) is 0 Å². The van der Waals surface area contributed by atoms with E-state index in [1.165, 1.54) is 0 Å². The molecule has 106 valence electrons. The predicted molar refractivity (Wildman–Crippen MR) is 65.5 cm³/mol. The monoisotopic (exact) mass is 290 g/mol. The number of carbonyl (C=O) groups is 2. The molecule has 0 fully saturated rings. The van der Waals surface area contributed by atoms with Crippen molar-refractivity contribution in [2.45, 2.75) is 6.42 Å². The summed E-state index contributed by atoms with van der Waals surface area (Å²) in [5.41, 5.74) is -0.108. The van der Waals surface area contributed by atoms with Gasteiger partial charge in [-0.3, -0.25) is 4.79 Å². The summed E-state index contributed by atoms with van der Waals surface area (Å²) in [5.74, 6) is -1.83. The largest absolute Gasteiger partial charge is 0.478 e. The van der Waals surface area contributed by atoms with Gasteiger partial charge in [0, 0.05) is 19.2 Å². The van der Waals surface area contributed by atoms with Crippen LogP contribution in [0.15, 0.2) is 16.7 Å². The molecule has 0 aromatic carbocycles. The Morgan fingerprint density at radius 2 is 2.05 bits per heavy atom. The van der Waals surface area contributed by atoms with Crippen LogP contribution in [0.3, 0.4) is 0 Å². The highest BCUT2D eigenvalue weighted by Crippen LogP contribution is 2.07. The zero-order valence-electron chi connectivity index (χ0n) is 10.2. The van der Waals surface area contributed by atoms with Crippen LogP contribution in [0.25, 0.3) is 0 Å². The standard InChI is InChI=1S/C10H14N2O6S/c1-19(16,17)12-4-2-3-11-9(13)8-5-7(6-18-8)10(14)15/h5-6,12H,2-4H2,1H3,(H,11,13)(H,14,15). The summed E-state index contributed by atoms with van der Waals surface area (Å²) in [7, 11) is -3.23. The molecule has 0 aliphatic heterocycles. The molecule has 3 N–H and O–H groups in total. The Kier molecular flexibility index (Phi) is 5.07. The zero-order valence-corrected chi connectivity index (χ0v) is 11.0. The van der Waals surface area contributed by atoms with Gasteiger partial charge in [0.25, 0.3) is 5.91 Å². The number of hydrogen-bond acceptors (Lipinski definition) is 5. The molecule has 0 saturated carbocycles. The Morgan fingerprint density at radius 3 is 2.58 bits per heavy atom. The molecule has 0 saturated heterocycles. The molecule has 0 spiro atoms. The van der Waals surface area contributed by atoms with Gasteiger partial charge >= 0.3 is 5.97 Å². The smallest absolute Gasteiger partial charge is 0.338 e. The third-order valence-corrected chi connectivity index (χ3v) is 2.80. The van der Waals surface area contributed by atoms with Gasteiger partial charge in [-0.25, -0.2) is 17.9 Å². The van der Waals surface area contributed by atoms with Crippen LogP contribution in [0.2, 0.25) is 0 Å². The first-order valence-electron chi connectivity index (χ1n) is 5.34. The van der Waals surface area contributed by atoms with E-state index in [-0.39, 0.29) is 24.4 Å². The first-order chi connectivity index (χ1) is 8.79. The Bertz CT molecular complexity index is 562. The van der Waals surface area contributed by atoms with Crippen molar-refractivity contribution in [3.8, 4) is 0 Å². The molecule has 8 nitrogen and oxygen atoms in total. The number of amides is 1. The number of furan rings is 1. The van der Waals surface area contributed by atoms with E-state index in [9.17, 15) is 18.0 Å². The molecule has 0 bridgehead atoms. The summed E-state index contributed by atoms with van der Waals surface area (Å²) in [6.07, 6.45) is 2.43. The summed E-state index contributed by atoms with van der Waals surface area (Å²) in [6.45, 7) is 0.447. The van der Waals surface area contributed by atoms with Crippen molar-refractivity contribution in [2.75, 3.05) is 19.3 Å². The van der Waals surface area contributed by atoms with Gasteiger partial charge in [-0.2, -0.15) is 0 Å². The first-order valence-corrected chi connectivity index (χ1v) is 7.23. The molecular formula is C10H14N2O6S. The molecule has 0 radical (unpaired) electrons. The van der Waals surface area contributed by atoms with E-state index in [0.29, 0.717) is 6.42 Å². The average Bonchev–Trinajstić information content (AvgIpc) is 2.76. The van der Waals surface area contributed by atoms with Gasteiger partial charge in [0.2, 0.25) is 10.0 Å². The minimum Gasteiger partial charge on any atom is -0.478 e. The number of aromatic carboxylic acids is 1. The Labute approximate surface area is 109 Å². The van der Waals surface area contributed by atoms with E-state index in [2.05, 4.69) is 10.0 Å².